The fraction of sp³-hybridized carbons (Fsp3) is 0.545. The number of nitrogens with zero attached hydrogens (tertiary/aromatic N) is 7. The van der Waals surface area contributed by atoms with Crippen LogP contribution in [-0.4, -0.2) is 83.4 Å². The molecule has 10 heteroatoms. The molecule has 0 radical (unpaired) electrons. The zero-order chi connectivity index (χ0) is 30.4. The maximum Gasteiger partial charge on any atom is 0.149 e. The van der Waals surface area contributed by atoms with Gasteiger partial charge in [0.2, 0.25) is 0 Å². The standard InChI is InChI=1S/C33H47N7O2S/c1-6-15-40(43(41)32-26(2)22-29(42-5)23-27(32)3)21-20-37(4)30-24-35-25-31(36-30)39-18-11-33(12-19-39)9-16-38(17-10-33)28-7-13-34-14-8-28/h7-8,13-14,22-25H,6,9-12,15-21H2,1-5H3. The molecule has 1 unspecified atom stereocenters. The molecule has 0 aliphatic carbocycles. The van der Waals surface area contributed by atoms with Crippen LogP contribution in [0, 0.1) is 19.3 Å². The molecule has 4 heterocycles. The number of pyridine rings is 1. The van der Waals surface area contributed by atoms with Crippen LogP contribution in [-0.2, 0) is 11.0 Å². The monoisotopic (exact) mass is 605 g/mol. The van der Waals surface area contributed by atoms with E-state index in [4.69, 9.17) is 9.72 Å². The number of methoxy groups -OCH3 is 1. The molecule has 1 atom stereocenters. The smallest absolute Gasteiger partial charge is 0.149 e. The van der Waals surface area contributed by atoms with Crippen LogP contribution in [0.25, 0.3) is 0 Å². The van der Waals surface area contributed by atoms with Crippen LogP contribution in [0.1, 0.15) is 50.2 Å². The summed E-state index contributed by atoms with van der Waals surface area (Å²) in [5.41, 5.74) is 3.70. The third-order valence-corrected chi connectivity index (χ3v) is 11.1. The van der Waals surface area contributed by atoms with Gasteiger partial charge >= 0.3 is 0 Å². The molecule has 1 spiro atoms. The number of likely N-dealkylation sites (N-methyl/N-ethyl adjacent to an activating group) is 1. The Hall–Kier alpha value is -3.24. The Morgan fingerprint density at radius 3 is 2.14 bits per heavy atom. The van der Waals surface area contributed by atoms with Crippen molar-refractivity contribution in [1.82, 2.24) is 19.3 Å². The third kappa shape index (κ3) is 7.29. The van der Waals surface area contributed by atoms with Crippen molar-refractivity contribution in [3.8, 4) is 5.75 Å². The van der Waals surface area contributed by atoms with Gasteiger partial charge in [0.05, 0.1) is 24.4 Å². The predicted octanol–water partition coefficient (Wildman–Crippen LogP) is 5.26. The van der Waals surface area contributed by atoms with Crippen molar-refractivity contribution in [2.45, 2.75) is 57.8 Å². The van der Waals surface area contributed by atoms with Gasteiger partial charge in [-0.2, -0.15) is 0 Å². The van der Waals surface area contributed by atoms with Gasteiger partial charge in [-0.25, -0.2) is 13.5 Å². The van der Waals surface area contributed by atoms with Crippen LogP contribution in [0.5, 0.6) is 5.75 Å². The lowest BCUT2D eigenvalue weighted by molar-refractivity contribution is 0.166. The SMILES string of the molecule is CCCN(CCN(C)c1cncc(N2CCC3(CCN(c4ccncc4)CC3)CC2)n1)S(=O)c1c(C)cc(OC)cc1C. The van der Waals surface area contributed by atoms with Crippen LogP contribution in [0.4, 0.5) is 17.3 Å². The molecular weight excluding hydrogens is 558 g/mol. The Labute approximate surface area is 259 Å². The highest BCUT2D eigenvalue weighted by Crippen LogP contribution is 2.42. The maximum absolute atomic E-state index is 13.7. The van der Waals surface area contributed by atoms with E-state index in [1.807, 2.05) is 57.8 Å². The molecule has 9 nitrogen and oxygen atoms in total. The van der Waals surface area contributed by atoms with Crippen molar-refractivity contribution in [3.63, 3.8) is 0 Å². The highest BCUT2D eigenvalue weighted by Gasteiger charge is 2.38. The van der Waals surface area contributed by atoms with Gasteiger partial charge in [-0.1, -0.05) is 6.92 Å². The summed E-state index contributed by atoms with van der Waals surface area (Å²) in [4.78, 5) is 21.7. The highest BCUT2D eigenvalue weighted by molar-refractivity contribution is 7.82. The average Bonchev–Trinajstić information content (AvgIpc) is 3.03. The number of anilines is 3. The summed E-state index contributed by atoms with van der Waals surface area (Å²) in [5.74, 6) is 2.60. The fourth-order valence-corrected chi connectivity index (χ4v) is 8.05. The predicted molar refractivity (Wildman–Crippen MR) is 176 cm³/mol. The first-order valence-corrected chi connectivity index (χ1v) is 16.7. The second-order valence-corrected chi connectivity index (χ2v) is 13.5. The summed E-state index contributed by atoms with van der Waals surface area (Å²) < 4.78 is 21.2. The summed E-state index contributed by atoms with van der Waals surface area (Å²) in [6.07, 6.45) is 13.3. The lowest BCUT2D eigenvalue weighted by Crippen LogP contribution is -2.47. The maximum atomic E-state index is 13.7. The van der Waals surface area contributed by atoms with Crippen LogP contribution < -0.4 is 19.4 Å². The molecule has 0 saturated carbocycles. The molecule has 43 heavy (non-hydrogen) atoms. The molecule has 5 rings (SSSR count). The Morgan fingerprint density at radius 1 is 0.907 bits per heavy atom. The Balaban J connectivity index is 1.17. The summed E-state index contributed by atoms with van der Waals surface area (Å²) in [6, 6.07) is 8.16. The van der Waals surface area contributed by atoms with Crippen molar-refractivity contribution < 1.29 is 8.95 Å². The third-order valence-electron chi connectivity index (χ3n) is 9.24. The van der Waals surface area contributed by atoms with Crippen molar-refractivity contribution in [1.29, 1.82) is 0 Å². The van der Waals surface area contributed by atoms with Gasteiger partial charge in [0.25, 0.3) is 0 Å². The number of hydrogen-bond acceptors (Lipinski definition) is 8. The lowest BCUT2D eigenvalue weighted by Gasteiger charge is -2.47. The average molecular weight is 606 g/mol. The molecule has 0 amide bonds. The minimum atomic E-state index is -1.25. The number of piperidine rings is 2. The van der Waals surface area contributed by atoms with Gasteiger partial charge in [-0.05, 0) is 86.8 Å². The van der Waals surface area contributed by atoms with E-state index < -0.39 is 11.0 Å². The molecule has 2 fully saturated rings. The van der Waals surface area contributed by atoms with Gasteiger partial charge in [0, 0.05) is 70.9 Å². The fourth-order valence-electron chi connectivity index (χ4n) is 6.52. The zero-order valence-electron chi connectivity index (χ0n) is 26.5. The first-order valence-electron chi connectivity index (χ1n) is 15.6. The minimum Gasteiger partial charge on any atom is -0.497 e. The zero-order valence-corrected chi connectivity index (χ0v) is 27.3. The molecule has 2 aliphatic rings. The molecule has 0 N–H and O–H groups in total. The van der Waals surface area contributed by atoms with Crippen molar-refractivity contribution in [2.75, 3.05) is 74.7 Å². The first kappa shape index (κ1) is 31.2. The number of benzene rings is 1. The van der Waals surface area contributed by atoms with Gasteiger partial charge in [0.15, 0.2) is 0 Å². The van der Waals surface area contributed by atoms with Crippen LogP contribution in [0.15, 0.2) is 53.9 Å². The number of rotatable bonds is 11. The second-order valence-electron chi connectivity index (χ2n) is 12.1. The Bertz CT molecular complexity index is 1350. The van der Waals surface area contributed by atoms with E-state index >= 15 is 0 Å². The van der Waals surface area contributed by atoms with Crippen molar-refractivity contribution in [2.24, 2.45) is 5.41 Å². The second kappa shape index (κ2) is 14.0. The van der Waals surface area contributed by atoms with Crippen LogP contribution >= 0.6 is 0 Å². The topological polar surface area (TPSA) is 77.9 Å². The lowest BCUT2D eigenvalue weighted by atomic mass is 9.71. The highest BCUT2D eigenvalue weighted by atomic mass is 32.2. The van der Waals surface area contributed by atoms with Gasteiger partial charge < -0.3 is 19.4 Å². The van der Waals surface area contributed by atoms with Crippen molar-refractivity contribution in [3.05, 3.63) is 60.2 Å². The Kier molecular flexibility index (Phi) is 10.2. The molecule has 2 aromatic heterocycles. The van der Waals surface area contributed by atoms with Crippen LogP contribution in [0.2, 0.25) is 0 Å². The van der Waals surface area contributed by atoms with E-state index in [1.54, 1.807) is 7.11 Å². The number of aryl methyl sites for hydroxylation is 2. The minimum absolute atomic E-state index is 0.431. The molecular formula is C33H47N7O2S. The largest absolute Gasteiger partial charge is 0.497 e. The van der Waals surface area contributed by atoms with Gasteiger partial charge in [-0.3, -0.25) is 9.97 Å². The van der Waals surface area contributed by atoms with E-state index in [-0.39, 0.29) is 0 Å². The molecule has 0 bridgehead atoms. The molecule has 3 aromatic rings. The molecule has 1 aromatic carbocycles. The van der Waals surface area contributed by atoms with Gasteiger partial charge in [-0.15, -0.1) is 0 Å². The summed E-state index contributed by atoms with van der Waals surface area (Å²) in [5, 5.41) is 0. The molecule has 2 aliphatic heterocycles. The Morgan fingerprint density at radius 2 is 1.53 bits per heavy atom. The number of aromatic nitrogens is 3. The van der Waals surface area contributed by atoms with E-state index in [9.17, 15) is 4.21 Å². The summed E-state index contributed by atoms with van der Waals surface area (Å²) >= 11 is 0. The van der Waals surface area contributed by atoms with E-state index in [2.05, 4.69) is 48.0 Å². The van der Waals surface area contributed by atoms with E-state index in [0.717, 1.165) is 72.6 Å². The number of hydrogen-bond donors (Lipinski definition) is 0. The van der Waals surface area contributed by atoms with Gasteiger partial charge in [0.1, 0.15) is 28.4 Å². The summed E-state index contributed by atoms with van der Waals surface area (Å²) in [6.45, 7) is 12.5. The normalized spacial score (nSPS) is 17.3. The summed E-state index contributed by atoms with van der Waals surface area (Å²) in [7, 11) is 2.46. The van der Waals surface area contributed by atoms with Crippen molar-refractivity contribution >= 4 is 28.3 Å². The molecule has 232 valence electrons. The molecule has 2 saturated heterocycles. The first-order chi connectivity index (χ1) is 20.8. The van der Waals surface area contributed by atoms with E-state index in [0.29, 0.717) is 18.5 Å². The van der Waals surface area contributed by atoms with E-state index in [1.165, 1.54) is 31.4 Å². The van der Waals surface area contributed by atoms with Crippen LogP contribution in [0.3, 0.4) is 0 Å². The number of ether oxygens (including phenoxy) is 1. The quantitative estimate of drug-likeness (QED) is 0.293.